The van der Waals surface area contributed by atoms with Gasteiger partial charge >= 0.3 is 0 Å². The molecule has 2 N–H and O–H groups in total. The van der Waals surface area contributed by atoms with Crippen LogP contribution in [0.2, 0.25) is 0 Å². The number of imidazole rings is 1. The second kappa shape index (κ2) is 5.50. The summed E-state index contributed by atoms with van der Waals surface area (Å²) in [7, 11) is 0. The van der Waals surface area contributed by atoms with Crippen LogP contribution in [0.15, 0.2) is 42.5 Å². The highest BCUT2D eigenvalue weighted by molar-refractivity contribution is 5.98. The van der Waals surface area contributed by atoms with Crippen LogP contribution in [-0.2, 0) is 10.2 Å². The first-order valence-corrected chi connectivity index (χ1v) is 7.41. The smallest absolute Gasteiger partial charge is 0.236 e. The van der Waals surface area contributed by atoms with Crippen molar-refractivity contribution in [3.8, 4) is 0 Å². The van der Waals surface area contributed by atoms with E-state index in [9.17, 15) is 9.18 Å². The zero-order chi connectivity index (χ0) is 16.6. The zero-order valence-electron chi connectivity index (χ0n) is 13.3. The van der Waals surface area contributed by atoms with Gasteiger partial charge in [-0.25, -0.2) is 9.37 Å². The Balaban J connectivity index is 1.89. The highest BCUT2D eigenvalue weighted by atomic mass is 19.1. The Bertz CT molecular complexity index is 883. The number of rotatable bonds is 3. The largest absolute Gasteiger partial charge is 0.324 e. The number of aryl methyl sites for hydroxylation is 1. The molecule has 0 radical (unpaired) electrons. The molecule has 0 aliphatic rings. The minimum Gasteiger partial charge on any atom is -0.324 e. The highest BCUT2D eigenvalue weighted by Gasteiger charge is 2.31. The third-order valence-electron chi connectivity index (χ3n) is 4.06. The summed E-state index contributed by atoms with van der Waals surface area (Å²) in [6, 6.07) is 12.1. The van der Waals surface area contributed by atoms with Gasteiger partial charge in [0.25, 0.3) is 0 Å². The molecule has 0 aliphatic carbocycles. The Morgan fingerprint density at radius 3 is 2.70 bits per heavy atom. The molecule has 0 unspecified atom stereocenters. The Labute approximate surface area is 133 Å². The van der Waals surface area contributed by atoms with E-state index >= 15 is 0 Å². The number of H-pyrrole nitrogens is 1. The van der Waals surface area contributed by atoms with Crippen molar-refractivity contribution in [3.63, 3.8) is 0 Å². The van der Waals surface area contributed by atoms with Gasteiger partial charge in [-0.05, 0) is 50.1 Å². The molecule has 0 spiro atoms. The van der Waals surface area contributed by atoms with Gasteiger partial charge in [-0.3, -0.25) is 10.1 Å². The number of aromatic amines is 1. The summed E-state index contributed by atoms with van der Waals surface area (Å²) in [5.41, 5.74) is 2.46. The van der Waals surface area contributed by atoms with Gasteiger partial charge < -0.3 is 4.98 Å². The summed E-state index contributed by atoms with van der Waals surface area (Å²) in [4.78, 5) is 19.9. The first kappa shape index (κ1) is 15.2. The van der Waals surface area contributed by atoms with Crippen molar-refractivity contribution in [2.45, 2.75) is 26.2 Å². The number of benzene rings is 2. The van der Waals surface area contributed by atoms with Crippen LogP contribution in [0.1, 0.15) is 25.0 Å². The molecule has 0 aliphatic heterocycles. The summed E-state index contributed by atoms with van der Waals surface area (Å²) in [6.45, 7) is 5.72. The molecule has 3 aromatic rings. The SMILES string of the molecule is Cc1ccccc1C(C)(C)C(=O)Nc1nc2ccc(F)cc2[nH]1. The number of nitrogens with zero attached hydrogens (tertiary/aromatic N) is 1. The quantitative estimate of drug-likeness (QED) is 0.770. The van der Waals surface area contributed by atoms with Gasteiger partial charge in [-0.15, -0.1) is 0 Å². The van der Waals surface area contributed by atoms with Crippen molar-refractivity contribution in [2.24, 2.45) is 0 Å². The Morgan fingerprint density at radius 2 is 1.96 bits per heavy atom. The topological polar surface area (TPSA) is 57.8 Å². The predicted octanol–water partition coefficient (Wildman–Crippen LogP) is 3.93. The van der Waals surface area contributed by atoms with Crippen LogP contribution in [0.25, 0.3) is 11.0 Å². The maximum atomic E-state index is 13.2. The van der Waals surface area contributed by atoms with Gasteiger partial charge in [-0.2, -0.15) is 0 Å². The Hall–Kier alpha value is -2.69. The van der Waals surface area contributed by atoms with Crippen LogP contribution in [0, 0.1) is 12.7 Å². The van der Waals surface area contributed by atoms with E-state index in [1.165, 1.54) is 12.1 Å². The normalized spacial score (nSPS) is 11.7. The van der Waals surface area contributed by atoms with Crippen molar-refractivity contribution < 1.29 is 9.18 Å². The fourth-order valence-electron chi connectivity index (χ4n) is 2.70. The second-order valence-electron chi connectivity index (χ2n) is 6.14. The van der Waals surface area contributed by atoms with Crippen molar-refractivity contribution >= 4 is 22.9 Å². The lowest BCUT2D eigenvalue weighted by Crippen LogP contribution is -2.35. The summed E-state index contributed by atoms with van der Waals surface area (Å²) in [6.07, 6.45) is 0. The number of anilines is 1. The lowest BCUT2D eigenvalue weighted by molar-refractivity contribution is -0.120. The van der Waals surface area contributed by atoms with E-state index in [1.54, 1.807) is 6.07 Å². The maximum absolute atomic E-state index is 13.2. The van der Waals surface area contributed by atoms with Gasteiger partial charge in [-0.1, -0.05) is 24.3 Å². The van der Waals surface area contributed by atoms with E-state index in [4.69, 9.17) is 0 Å². The number of hydrogen-bond donors (Lipinski definition) is 2. The summed E-state index contributed by atoms with van der Waals surface area (Å²) < 4.78 is 13.2. The van der Waals surface area contributed by atoms with Gasteiger partial charge in [0, 0.05) is 0 Å². The second-order valence-corrected chi connectivity index (χ2v) is 6.14. The van der Waals surface area contributed by atoms with E-state index in [0.717, 1.165) is 11.1 Å². The number of aromatic nitrogens is 2. The minimum atomic E-state index is -0.713. The van der Waals surface area contributed by atoms with Crippen LogP contribution in [0.3, 0.4) is 0 Å². The molecule has 4 nitrogen and oxygen atoms in total. The van der Waals surface area contributed by atoms with E-state index in [0.29, 0.717) is 17.0 Å². The fourth-order valence-corrected chi connectivity index (χ4v) is 2.70. The molecule has 5 heteroatoms. The summed E-state index contributed by atoms with van der Waals surface area (Å²) in [5.74, 6) is -0.206. The molecule has 0 saturated heterocycles. The standard InChI is InChI=1S/C18H18FN3O/c1-11-6-4-5-7-13(11)18(2,3)16(23)22-17-20-14-9-8-12(19)10-15(14)21-17/h4-10H,1-3H3,(H2,20,21,22,23). The number of amides is 1. The molecule has 0 bridgehead atoms. The summed E-state index contributed by atoms with van der Waals surface area (Å²) in [5, 5.41) is 2.79. The third-order valence-corrected chi connectivity index (χ3v) is 4.06. The number of hydrogen-bond acceptors (Lipinski definition) is 2. The van der Waals surface area contributed by atoms with Crippen LogP contribution in [-0.4, -0.2) is 15.9 Å². The van der Waals surface area contributed by atoms with Gasteiger partial charge in [0.1, 0.15) is 5.82 Å². The molecular weight excluding hydrogens is 293 g/mol. The van der Waals surface area contributed by atoms with Gasteiger partial charge in [0.2, 0.25) is 11.9 Å². The molecular formula is C18H18FN3O. The number of halogens is 1. The molecule has 1 heterocycles. The first-order chi connectivity index (χ1) is 10.9. The lowest BCUT2D eigenvalue weighted by atomic mass is 9.81. The highest BCUT2D eigenvalue weighted by Crippen LogP contribution is 2.27. The van der Waals surface area contributed by atoms with Gasteiger partial charge in [0.15, 0.2) is 0 Å². The molecule has 0 saturated carbocycles. The van der Waals surface area contributed by atoms with E-state index < -0.39 is 5.41 Å². The molecule has 1 amide bonds. The van der Waals surface area contributed by atoms with E-state index in [-0.39, 0.29) is 11.7 Å². The monoisotopic (exact) mass is 311 g/mol. The molecule has 0 atom stereocenters. The van der Waals surface area contributed by atoms with Gasteiger partial charge in [0.05, 0.1) is 16.4 Å². The Morgan fingerprint density at radius 1 is 1.22 bits per heavy atom. The van der Waals surface area contributed by atoms with Crippen LogP contribution < -0.4 is 5.32 Å². The van der Waals surface area contributed by atoms with Crippen LogP contribution >= 0.6 is 0 Å². The molecule has 1 aromatic heterocycles. The fraction of sp³-hybridized carbons (Fsp3) is 0.222. The van der Waals surface area contributed by atoms with Crippen LogP contribution in [0.4, 0.5) is 10.3 Å². The lowest BCUT2D eigenvalue weighted by Gasteiger charge is -2.25. The molecule has 3 rings (SSSR count). The van der Waals surface area contributed by atoms with Crippen molar-refractivity contribution in [1.29, 1.82) is 0 Å². The number of carbonyl (C=O) groups is 1. The number of carbonyl (C=O) groups excluding carboxylic acids is 1. The van der Waals surface area contributed by atoms with Crippen molar-refractivity contribution in [3.05, 3.63) is 59.4 Å². The van der Waals surface area contributed by atoms with Crippen LogP contribution in [0.5, 0.6) is 0 Å². The minimum absolute atomic E-state index is 0.175. The average Bonchev–Trinajstić information content (AvgIpc) is 2.88. The molecule has 0 fully saturated rings. The van der Waals surface area contributed by atoms with Crippen molar-refractivity contribution in [1.82, 2.24) is 9.97 Å². The average molecular weight is 311 g/mol. The Kier molecular flexibility index (Phi) is 3.64. The third kappa shape index (κ3) is 2.82. The summed E-state index contributed by atoms with van der Waals surface area (Å²) >= 11 is 0. The van der Waals surface area contributed by atoms with E-state index in [1.807, 2.05) is 45.0 Å². The predicted molar refractivity (Wildman–Crippen MR) is 88.9 cm³/mol. The number of fused-ring (bicyclic) bond motifs is 1. The van der Waals surface area contributed by atoms with Crippen molar-refractivity contribution in [2.75, 3.05) is 5.32 Å². The molecule has 2 aromatic carbocycles. The van der Waals surface area contributed by atoms with E-state index in [2.05, 4.69) is 15.3 Å². The maximum Gasteiger partial charge on any atom is 0.236 e. The first-order valence-electron chi connectivity index (χ1n) is 7.41. The zero-order valence-corrected chi connectivity index (χ0v) is 13.3. The molecule has 118 valence electrons. The number of nitrogens with one attached hydrogen (secondary N) is 2. The molecule has 23 heavy (non-hydrogen) atoms.